The molecule has 0 spiro atoms. The standard InChI is InChI=1S/C14H20O9/c1-10-11(19,2-6-15)12(20,3-7-16)13(21,4-8-17)14(22,23-10)5-9-18/h6-10,19-22H,2-5H2,1H3/t10-,11+,12+,13-,14?/m0/s1/i6D,7D,8D,9D. The number of rotatable bonds is 8. The smallest absolute Gasteiger partial charge is 0.205 e. The van der Waals surface area contributed by atoms with Crippen molar-refractivity contribution in [1.82, 2.24) is 0 Å². The molecule has 0 saturated carbocycles. The van der Waals surface area contributed by atoms with Gasteiger partial charge in [0.05, 0.1) is 12.5 Å². The molecular weight excluding hydrogens is 312 g/mol. The molecule has 23 heavy (non-hydrogen) atoms. The van der Waals surface area contributed by atoms with E-state index in [0.717, 1.165) is 6.92 Å². The number of hydrogen-bond donors (Lipinski definition) is 4. The number of ether oxygens (including phenoxy) is 1. The van der Waals surface area contributed by atoms with Crippen molar-refractivity contribution in [2.24, 2.45) is 0 Å². The molecule has 1 unspecified atom stereocenters. The molecule has 0 bridgehead atoms. The molecule has 9 nitrogen and oxygen atoms in total. The number of hydrogen-bond acceptors (Lipinski definition) is 9. The Morgan fingerprint density at radius 1 is 0.870 bits per heavy atom. The van der Waals surface area contributed by atoms with Gasteiger partial charge in [0.25, 0.3) is 0 Å². The van der Waals surface area contributed by atoms with Crippen LogP contribution in [0.15, 0.2) is 0 Å². The Hall–Kier alpha value is -1.52. The first-order valence-electron chi connectivity index (χ1n) is 8.60. The van der Waals surface area contributed by atoms with Crippen molar-refractivity contribution in [3.63, 3.8) is 0 Å². The Kier molecular flexibility index (Phi) is 3.94. The SMILES string of the molecule is [2H]C(=O)CC1(O)O[C@@H](C)[C@](O)(CC([2H])=O)[C@](O)(CC([2H])=O)[C@@]1(O)CC([2H])=O. The minimum atomic E-state index is -3.44. The van der Waals surface area contributed by atoms with E-state index in [9.17, 15) is 39.6 Å². The third kappa shape index (κ3) is 2.54. The summed E-state index contributed by atoms with van der Waals surface area (Å²) in [7, 11) is 0. The fourth-order valence-corrected chi connectivity index (χ4v) is 2.98. The number of carbonyl (C=O) groups excluding carboxylic acids is 4. The van der Waals surface area contributed by atoms with E-state index in [1.54, 1.807) is 0 Å². The van der Waals surface area contributed by atoms with Gasteiger partial charge in [0.15, 0.2) is 5.60 Å². The molecule has 0 aromatic carbocycles. The maximum absolute atomic E-state index is 11.4. The first-order valence-corrected chi connectivity index (χ1v) is 6.60. The lowest BCUT2D eigenvalue weighted by Gasteiger charge is -2.62. The molecule has 0 amide bonds. The second kappa shape index (κ2) is 6.54. The lowest BCUT2D eigenvalue weighted by atomic mass is 9.59. The van der Waals surface area contributed by atoms with Gasteiger partial charge in [0, 0.05) is 19.3 Å². The van der Waals surface area contributed by atoms with Gasteiger partial charge in [-0.1, -0.05) is 0 Å². The zero-order chi connectivity index (χ0) is 21.4. The molecule has 0 aromatic rings. The maximum Gasteiger partial charge on any atom is 0.205 e. The summed E-state index contributed by atoms with van der Waals surface area (Å²) < 4.78 is 33.2. The minimum Gasteiger partial charge on any atom is -0.384 e. The molecule has 1 fully saturated rings. The van der Waals surface area contributed by atoms with Crippen molar-refractivity contribution in [2.45, 2.75) is 61.3 Å². The van der Waals surface area contributed by atoms with Gasteiger partial charge in [0.2, 0.25) is 5.79 Å². The van der Waals surface area contributed by atoms with E-state index < -0.39 is 79.4 Å². The second-order valence-corrected chi connectivity index (χ2v) is 5.47. The Morgan fingerprint density at radius 3 is 1.74 bits per heavy atom. The molecule has 5 atom stereocenters. The molecule has 0 radical (unpaired) electrons. The average molecular weight is 336 g/mol. The Labute approximate surface area is 137 Å². The summed E-state index contributed by atoms with van der Waals surface area (Å²) in [4.78, 5) is 45.3. The number of carbonyl (C=O) groups is 4. The van der Waals surface area contributed by atoms with Crippen molar-refractivity contribution in [1.29, 1.82) is 0 Å². The number of aliphatic hydroxyl groups is 4. The van der Waals surface area contributed by atoms with Gasteiger partial charge in [0.1, 0.15) is 41.7 Å². The number of aldehydes is 4. The van der Waals surface area contributed by atoms with Crippen LogP contribution in [0.3, 0.4) is 0 Å². The summed E-state index contributed by atoms with van der Waals surface area (Å²) in [5.74, 6) is -3.22. The molecule has 4 N–H and O–H groups in total. The summed E-state index contributed by atoms with van der Waals surface area (Å²) in [6, 6.07) is 0. The van der Waals surface area contributed by atoms with Crippen LogP contribution < -0.4 is 0 Å². The molecule has 1 heterocycles. The lowest BCUT2D eigenvalue weighted by molar-refractivity contribution is -0.431. The molecule has 9 heteroatoms. The molecule has 0 aromatic heterocycles. The average Bonchev–Trinajstić information content (AvgIpc) is 2.41. The largest absolute Gasteiger partial charge is 0.384 e. The van der Waals surface area contributed by atoms with E-state index >= 15 is 0 Å². The molecule has 1 saturated heterocycles. The van der Waals surface area contributed by atoms with Crippen LogP contribution >= 0.6 is 0 Å². The minimum absolute atomic E-state index is 0.976. The summed E-state index contributed by atoms with van der Waals surface area (Å²) in [5, 5.41) is 43.6. The van der Waals surface area contributed by atoms with Gasteiger partial charge < -0.3 is 44.3 Å². The summed E-state index contributed by atoms with van der Waals surface area (Å²) >= 11 is 0. The third-order valence-electron chi connectivity index (χ3n) is 4.40. The summed E-state index contributed by atoms with van der Waals surface area (Å²) in [6.45, 7) is 0.976. The van der Waals surface area contributed by atoms with Gasteiger partial charge in [-0.2, -0.15) is 0 Å². The van der Waals surface area contributed by atoms with Gasteiger partial charge in [-0.3, -0.25) is 0 Å². The van der Waals surface area contributed by atoms with Gasteiger partial charge in [-0.15, -0.1) is 0 Å². The molecule has 1 aliphatic rings. The highest BCUT2D eigenvalue weighted by atomic mass is 16.7. The van der Waals surface area contributed by atoms with E-state index in [1.807, 2.05) is 0 Å². The van der Waals surface area contributed by atoms with Crippen LogP contribution in [0.1, 0.15) is 38.1 Å². The highest BCUT2D eigenvalue weighted by Crippen LogP contribution is 2.53. The zero-order valence-electron chi connectivity index (χ0n) is 16.2. The van der Waals surface area contributed by atoms with Crippen LogP contribution in [0.4, 0.5) is 0 Å². The normalized spacial score (nSPS) is 46.0. The predicted molar refractivity (Wildman–Crippen MR) is 73.1 cm³/mol. The van der Waals surface area contributed by atoms with Crippen LogP contribution in [-0.2, 0) is 23.9 Å². The zero-order valence-corrected chi connectivity index (χ0v) is 12.2. The van der Waals surface area contributed by atoms with Crippen LogP contribution in [0, 0.1) is 0 Å². The van der Waals surface area contributed by atoms with Crippen LogP contribution in [0.5, 0.6) is 0 Å². The van der Waals surface area contributed by atoms with E-state index in [1.165, 1.54) is 0 Å². The first kappa shape index (κ1) is 13.9. The summed E-state index contributed by atoms with van der Waals surface area (Å²) in [6.07, 6.45) is -13.5. The van der Waals surface area contributed by atoms with E-state index in [2.05, 4.69) is 0 Å². The highest BCUT2D eigenvalue weighted by molar-refractivity contribution is 5.61. The van der Waals surface area contributed by atoms with Crippen molar-refractivity contribution < 1.29 is 49.8 Å². The third-order valence-corrected chi connectivity index (χ3v) is 4.40. The molecule has 0 aliphatic carbocycles. The quantitative estimate of drug-likeness (QED) is 0.356. The van der Waals surface area contributed by atoms with Crippen molar-refractivity contribution in [3.8, 4) is 0 Å². The van der Waals surface area contributed by atoms with Gasteiger partial charge in [-0.25, -0.2) is 0 Å². The van der Waals surface area contributed by atoms with Crippen LogP contribution in [-0.4, -0.2) is 74.2 Å². The fourth-order valence-electron chi connectivity index (χ4n) is 2.98. The van der Waals surface area contributed by atoms with E-state index in [0.29, 0.717) is 0 Å². The first-order chi connectivity index (χ1) is 12.0. The summed E-state index contributed by atoms with van der Waals surface area (Å²) in [5.41, 5.74) is -9.75. The Morgan fingerprint density at radius 2 is 1.30 bits per heavy atom. The fraction of sp³-hybridized carbons (Fsp3) is 0.714. The monoisotopic (exact) mass is 336 g/mol. The van der Waals surface area contributed by atoms with Crippen LogP contribution in [0.2, 0.25) is 0 Å². The highest BCUT2D eigenvalue weighted by Gasteiger charge is 2.75. The Bertz CT molecular complexity index is 673. The Balaban J connectivity index is 3.83. The van der Waals surface area contributed by atoms with E-state index in [4.69, 9.17) is 10.2 Å². The van der Waals surface area contributed by atoms with Gasteiger partial charge >= 0.3 is 0 Å². The van der Waals surface area contributed by atoms with Crippen molar-refractivity contribution in [3.05, 3.63) is 0 Å². The van der Waals surface area contributed by atoms with Crippen molar-refractivity contribution in [2.75, 3.05) is 0 Å². The second-order valence-electron chi connectivity index (χ2n) is 5.47. The van der Waals surface area contributed by atoms with Gasteiger partial charge in [-0.05, 0) is 6.92 Å². The molecular formula is C14H20O9. The predicted octanol–water partition coefficient (Wildman–Crippen LogP) is -2.36. The molecule has 1 aliphatic heterocycles. The maximum atomic E-state index is 11.4. The lowest BCUT2D eigenvalue weighted by Crippen LogP contribution is -2.83. The van der Waals surface area contributed by atoms with Crippen molar-refractivity contribution >= 4 is 25.0 Å². The molecule has 130 valence electrons. The topological polar surface area (TPSA) is 158 Å². The van der Waals surface area contributed by atoms with Crippen LogP contribution in [0.25, 0.3) is 0 Å². The van der Waals surface area contributed by atoms with E-state index in [-0.39, 0.29) is 0 Å². The molecule has 1 rings (SSSR count).